The summed E-state index contributed by atoms with van der Waals surface area (Å²) in [5.41, 5.74) is 1.79. The van der Waals surface area contributed by atoms with Gasteiger partial charge in [0, 0.05) is 11.1 Å². The first-order chi connectivity index (χ1) is 16.2. The highest BCUT2D eigenvalue weighted by atomic mass is 16.5. The van der Waals surface area contributed by atoms with Crippen LogP contribution in [0.15, 0.2) is 89.3 Å². The van der Waals surface area contributed by atoms with Crippen LogP contribution in [0.3, 0.4) is 0 Å². The van der Waals surface area contributed by atoms with Gasteiger partial charge in [0.1, 0.15) is 6.61 Å². The van der Waals surface area contributed by atoms with E-state index in [0.717, 1.165) is 5.56 Å². The third-order valence-corrected chi connectivity index (χ3v) is 4.94. The summed E-state index contributed by atoms with van der Waals surface area (Å²) in [5.74, 6) is 1.86. The van der Waals surface area contributed by atoms with Crippen LogP contribution in [0.1, 0.15) is 5.56 Å². The van der Waals surface area contributed by atoms with E-state index in [4.69, 9.17) is 19.2 Å². The zero-order valence-electron chi connectivity index (χ0n) is 18.4. The van der Waals surface area contributed by atoms with Crippen LogP contribution in [-0.4, -0.2) is 36.7 Å². The zero-order valence-corrected chi connectivity index (χ0v) is 18.4. The maximum atomic E-state index is 13.3. The number of benzene rings is 3. The average molecular weight is 441 g/mol. The maximum Gasteiger partial charge on any atom is 0.282 e. The Morgan fingerprint density at radius 2 is 1.67 bits per heavy atom. The van der Waals surface area contributed by atoms with Crippen LogP contribution in [0.4, 0.5) is 0 Å². The van der Waals surface area contributed by atoms with Gasteiger partial charge < -0.3 is 14.2 Å². The minimum atomic E-state index is -0.263. The number of aromatic nitrogens is 2. The first-order valence-electron chi connectivity index (χ1n) is 10.3. The van der Waals surface area contributed by atoms with Gasteiger partial charge in [0.15, 0.2) is 17.3 Å². The lowest BCUT2D eigenvalue weighted by molar-refractivity contribution is 0.301. The lowest BCUT2D eigenvalue weighted by atomic mass is 10.2. The predicted octanol–water partition coefficient (Wildman–Crippen LogP) is 4.53. The SMILES string of the molecule is C=CCOc1c(OC)cc(C=Nn2c(-c3ccccc3)nc3ccccc3c2=O)cc1OC. The minimum Gasteiger partial charge on any atom is -0.493 e. The summed E-state index contributed by atoms with van der Waals surface area (Å²) in [6.07, 6.45) is 3.20. The largest absolute Gasteiger partial charge is 0.493 e. The van der Waals surface area contributed by atoms with Crippen molar-refractivity contribution in [2.75, 3.05) is 20.8 Å². The van der Waals surface area contributed by atoms with Crippen LogP contribution in [0, 0.1) is 0 Å². The fourth-order valence-electron chi connectivity index (χ4n) is 3.39. The van der Waals surface area contributed by atoms with Crippen molar-refractivity contribution >= 4 is 17.1 Å². The van der Waals surface area contributed by atoms with Crippen LogP contribution in [-0.2, 0) is 0 Å². The Morgan fingerprint density at radius 1 is 1.00 bits per heavy atom. The molecule has 0 fully saturated rings. The molecule has 0 aliphatic heterocycles. The predicted molar refractivity (Wildman–Crippen MR) is 130 cm³/mol. The quantitative estimate of drug-likeness (QED) is 0.297. The van der Waals surface area contributed by atoms with Gasteiger partial charge in [-0.25, -0.2) is 4.98 Å². The monoisotopic (exact) mass is 441 g/mol. The second kappa shape index (κ2) is 9.82. The highest BCUT2D eigenvalue weighted by Gasteiger charge is 2.15. The van der Waals surface area contributed by atoms with Gasteiger partial charge in [-0.1, -0.05) is 55.1 Å². The zero-order chi connectivity index (χ0) is 23.2. The molecule has 4 aromatic rings. The van der Waals surface area contributed by atoms with E-state index in [-0.39, 0.29) is 5.56 Å². The summed E-state index contributed by atoms with van der Waals surface area (Å²) in [7, 11) is 3.09. The van der Waals surface area contributed by atoms with E-state index in [1.165, 1.54) is 4.68 Å². The molecular weight excluding hydrogens is 418 g/mol. The lowest BCUT2D eigenvalue weighted by Crippen LogP contribution is -2.20. The molecule has 0 radical (unpaired) electrons. The number of rotatable bonds is 8. The third kappa shape index (κ3) is 4.48. The van der Waals surface area contributed by atoms with Crippen LogP contribution >= 0.6 is 0 Å². The number of para-hydroxylation sites is 1. The van der Waals surface area contributed by atoms with Crippen molar-refractivity contribution in [1.29, 1.82) is 0 Å². The van der Waals surface area contributed by atoms with Gasteiger partial charge in [-0.3, -0.25) is 4.79 Å². The summed E-state index contributed by atoms with van der Waals surface area (Å²) in [6.45, 7) is 3.97. The molecule has 1 heterocycles. The molecule has 0 N–H and O–H groups in total. The molecule has 0 saturated heterocycles. The van der Waals surface area contributed by atoms with E-state index in [1.807, 2.05) is 42.5 Å². The second-order valence-electron chi connectivity index (χ2n) is 7.03. The van der Waals surface area contributed by atoms with Gasteiger partial charge in [0.25, 0.3) is 5.56 Å². The van der Waals surface area contributed by atoms with Crippen molar-refractivity contribution in [2.45, 2.75) is 0 Å². The third-order valence-electron chi connectivity index (χ3n) is 4.94. The van der Waals surface area contributed by atoms with E-state index in [1.54, 1.807) is 50.8 Å². The first kappa shape index (κ1) is 21.8. The average Bonchev–Trinajstić information content (AvgIpc) is 2.87. The Morgan fingerprint density at radius 3 is 2.33 bits per heavy atom. The van der Waals surface area contributed by atoms with E-state index in [2.05, 4.69) is 11.7 Å². The van der Waals surface area contributed by atoms with Crippen LogP contribution < -0.4 is 19.8 Å². The molecule has 3 aromatic carbocycles. The molecule has 33 heavy (non-hydrogen) atoms. The van der Waals surface area contributed by atoms with Crippen molar-refractivity contribution in [2.24, 2.45) is 5.10 Å². The number of fused-ring (bicyclic) bond motifs is 1. The number of hydrogen-bond acceptors (Lipinski definition) is 6. The summed E-state index contributed by atoms with van der Waals surface area (Å²) in [5, 5.41) is 4.98. The molecule has 0 unspecified atom stereocenters. The molecule has 1 aromatic heterocycles. The molecule has 0 amide bonds. The minimum absolute atomic E-state index is 0.263. The van der Waals surface area contributed by atoms with Crippen LogP contribution in [0.25, 0.3) is 22.3 Å². The Balaban J connectivity index is 1.85. The van der Waals surface area contributed by atoms with Gasteiger partial charge in [-0.05, 0) is 24.3 Å². The Kier molecular flexibility index (Phi) is 6.50. The van der Waals surface area contributed by atoms with Crippen molar-refractivity contribution in [3.8, 4) is 28.6 Å². The molecule has 0 spiro atoms. The molecule has 7 heteroatoms. The fraction of sp³-hybridized carbons (Fsp3) is 0.115. The van der Waals surface area contributed by atoms with Gasteiger partial charge in [0.05, 0.1) is 31.3 Å². The smallest absolute Gasteiger partial charge is 0.282 e. The van der Waals surface area contributed by atoms with E-state index in [9.17, 15) is 4.79 Å². The van der Waals surface area contributed by atoms with Crippen molar-refractivity contribution < 1.29 is 14.2 Å². The number of hydrogen-bond donors (Lipinski definition) is 0. The standard InChI is InChI=1S/C26H23N3O4/c1-4-14-33-24-22(31-2)15-18(16-23(24)32-3)17-27-29-25(19-10-6-5-7-11-19)28-21-13-9-8-12-20(21)26(29)30/h4-13,15-17H,1,14H2,2-3H3. The highest BCUT2D eigenvalue weighted by Crippen LogP contribution is 2.38. The van der Waals surface area contributed by atoms with Crippen LogP contribution in [0.2, 0.25) is 0 Å². The summed E-state index contributed by atoms with van der Waals surface area (Å²) in [4.78, 5) is 18.0. The molecule has 4 rings (SSSR count). The van der Waals surface area contributed by atoms with E-state index < -0.39 is 0 Å². The molecule has 0 bridgehead atoms. The first-order valence-corrected chi connectivity index (χ1v) is 10.3. The Bertz CT molecular complexity index is 1350. The maximum absolute atomic E-state index is 13.3. The van der Waals surface area contributed by atoms with Crippen molar-refractivity contribution in [1.82, 2.24) is 9.66 Å². The fourth-order valence-corrected chi connectivity index (χ4v) is 3.39. The van der Waals surface area contributed by atoms with Crippen molar-refractivity contribution in [3.05, 3.63) is 95.3 Å². The summed E-state index contributed by atoms with van der Waals surface area (Å²) < 4.78 is 17.9. The highest BCUT2D eigenvalue weighted by molar-refractivity contribution is 5.83. The number of nitrogens with zero attached hydrogens (tertiary/aromatic N) is 3. The summed E-state index contributed by atoms with van der Waals surface area (Å²) in [6, 6.07) is 20.2. The van der Waals surface area contributed by atoms with Gasteiger partial charge in [-0.2, -0.15) is 9.78 Å². The molecule has 166 valence electrons. The molecule has 0 aliphatic rings. The second-order valence-corrected chi connectivity index (χ2v) is 7.03. The molecule has 0 aliphatic carbocycles. The Hall–Kier alpha value is -4.39. The van der Waals surface area contributed by atoms with E-state index >= 15 is 0 Å². The molecule has 0 saturated carbocycles. The van der Waals surface area contributed by atoms with Crippen molar-refractivity contribution in [3.63, 3.8) is 0 Å². The molecular formula is C26H23N3O4. The topological polar surface area (TPSA) is 74.9 Å². The molecule has 0 atom stereocenters. The summed E-state index contributed by atoms with van der Waals surface area (Å²) >= 11 is 0. The lowest BCUT2D eigenvalue weighted by Gasteiger charge is -2.14. The number of methoxy groups -OCH3 is 2. The Labute approximate surface area is 191 Å². The van der Waals surface area contributed by atoms with E-state index in [0.29, 0.717) is 46.1 Å². The van der Waals surface area contributed by atoms with Crippen LogP contribution in [0.5, 0.6) is 17.2 Å². The van der Waals surface area contributed by atoms with Gasteiger partial charge in [-0.15, -0.1) is 0 Å². The van der Waals surface area contributed by atoms with Gasteiger partial charge >= 0.3 is 0 Å². The van der Waals surface area contributed by atoms with Gasteiger partial charge in [0.2, 0.25) is 5.75 Å². The molecule has 7 nitrogen and oxygen atoms in total. The normalized spacial score (nSPS) is 11.0. The number of ether oxygens (including phenoxy) is 3.